The molecule has 30 heavy (non-hydrogen) atoms. The summed E-state index contributed by atoms with van der Waals surface area (Å²) in [5.74, 6) is -0.113. The Morgan fingerprint density at radius 3 is 2.63 bits per heavy atom. The number of carbonyl (C=O) groups is 1. The molecule has 2 fully saturated rings. The van der Waals surface area contributed by atoms with E-state index in [1.54, 1.807) is 6.07 Å². The second kappa shape index (κ2) is 9.58. The van der Waals surface area contributed by atoms with E-state index in [2.05, 4.69) is 9.80 Å². The molecule has 2 aromatic carbocycles. The van der Waals surface area contributed by atoms with Crippen molar-refractivity contribution in [2.75, 3.05) is 51.3 Å². The number of para-hydroxylation sites is 1. The molecule has 0 unspecified atom stereocenters. The van der Waals surface area contributed by atoms with Crippen molar-refractivity contribution >= 4 is 11.6 Å². The first kappa shape index (κ1) is 20.8. The molecule has 0 spiro atoms. The molecule has 0 bridgehead atoms. The Hall–Kier alpha value is -2.44. The lowest BCUT2D eigenvalue weighted by Crippen LogP contribution is -2.48. The molecule has 1 atom stereocenters. The second-order valence-corrected chi connectivity index (χ2v) is 8.16. The quantitative estimate of drug-likeness (QED) is 0.756. The van der Waals surface area contributed by atoms with E-state index < -0.39 is 0 Å². The number of hydrogen-bond acceptors (Lipinski definition) is 4. The molecule has 4 rings (SSSR count). The molecule has 0 aliphatic carbocycles. The maximum Gasteiger partial charge on any atom is 0.255 e. The minimum atomic E-state index is -0.163. The number of benzene rings is 2. The number of ether oxygens (including phenoxy) is 1. The van der Waals surface area contributed by atoms with Crippen molar-refractivity contribution in [2.45, 2.75) is 25.4 Å². The fraction of sp³-hybridized carbons (Fsp3) is 0.458. The van der Waals surface area contributed by atoms with Gasteiger partial charge in [-0.3, -0.25) is 9.69 Å². The van der Waals surface area contributed by atoms with Gasteiger partial charge >= 0.3 is 0 Å². The molecule has 5 nitrogen and oxygen atoms in total. The van der Waals surface area contributed by atoms with Crippen LogP contribution in [0.5, 0.6) is 0 Å². The molecule has 0 aromatic heterocycles. The summed E-state index contributed by atoms with van der Waals surface area (Å²) in [4.78, 5) is 19.8. The molecule has 2 aliphatic rings. The zero-order valence-corrected chi connectivity index (χ0v) is 17.6. The lowest BCUT2D eigenvalue weighted by Gasteiger charge is -2.38. The van der Waals surface area contributed by atoms with Crippen molar-refractivity contribution in [3.63, 3.8) is 0 Å². The molecule has 0 saturated carbocycles. The van der Waals surface area contributed by atoms with E-state index in [1.807, 2.05) is 48.3 Å². The van der Waals surface area contributed by atoms with Crippen LogP contribution in [-0.4, -0.2) is 68.2 Å². The zero-order valence-electron chi connectivity index (χ0n) is 17.6. The van der Waals surface area contributed by atoms with Gasteiger partial charge < -0.3 is 14.5 Å². The Kier molecular flexibility index (Phi) is 6.65. The number of morpholine rings is 1. The molecule has 0 N–H and O–H groups in total. The highest BCUT2D eigenvalue weighted by Gasteiger charge is 2.29. The van der Waals surface area contributed by atoms with E-state index in [0.717, 1.165) is 50.3 Å². The summed E-state index contributed by atoms with van der Waals surface area (Å²) in [5, 5.41) is 0. The Balaban J connectivity index is 1.45. The van der Waals surface area contributed by atoms with Gasteiger partial charge in [0.15, 0.2) is 0 Å². The van der Waals surface area contributed by atoms with Crippen LogP contribution in [-0.2, 0) is 11.3 Å². The third kappa shape index (κ3) is 4.65. The van der Waals surface area contributed by atoms with E-state index in [1.165, 1.54) is 6.07 Å². The van der Waals surface area contributed by atoms with Crippen molar-refractivity contribution in [3.05, 3.63) is 65.5 Å². The Labute approximate surface area is 178 Å². The first-order valence-corrected chi connectivity index (χ1v) is 10.8. The van der Waals surface area contributed by atoms with Gasteiger partial charge in [-0.1, -0.05) is 30.3 Å². The van der Waals surface area contributed by atoms with E-state index in [4.69, 9.17) is 4.74 Å². The normalized spacial score (nSPS) is 20.2. The van der Waals surface area contributed by atoms with Crippen molar-refractivity contribution in [1.29, 1.82) is 0 Å². The van der Waals surface area contributed by atoms with E-state index >= 15 is 0 Å². The van der Waals surface area contributed by atoms with Gasteiger partial charge in [0.1, 0.15) is 5.82 Å². The molecule has 160 valence electrons. The van der Waals surface area contributed by atoms with Crippen LogP contribution >= 0.6 is 0 Å². The predicted molar refractivity (Wildman–Crippen MR) is 116 cm³/mol. The van der Waals surface area contributed by atoms with Crippen LogP contribution in [0.15, 0.2) is 48.5 Å². The molecule has 2 aliphatic heterocycles. The third-order valence-corrected chi connectivity index (χ3v) is 6.19. The molecule has 1 amide bonds. The van der Waals surface area contributed by atoms with Crippen molar-refractivity contribution in [1.82, 2.24) is 9.80 Å². The predicted octanol–water partition coefficient (Wildman–Crippen LogP) is 3.40. The minimum Gasteiger partial charge on any atom is -0.378 e. The van der Waals surface area contributed by atoms with Gasteiger partial charge in [0.05, 0.1) is 18.8 Å². The first-order chi connectivity index (χ1) is 14.6. The molecular formula is C24H30FN3O2. The lowest BCUT2D eigenvalue weighted by molar-refractivity contribution is 0.0607. The van der Waals surface area contributed by atoms with Gasteiger partial charge in [0.25, 0.3) is 5.91 Å². The summed E-state index contributed by atoms with van der Waals surface area (Å²) in [5.41, 5.74) is 2.44. The molecule has 2 aromatic rings. The Morgan fingerprint density at radius 1 is 1.10 bits per heavy atom. The van der Waals surface area contributed by atoms with Crippen LogP contribution in [0.4, 0.5) is 10.1 Å². The summed E-state index contributed by atoms with van der Waals surface area (Å²) >= 11 is 0. The average Bonchev–Trinajstić information content (AvgIpc) is 2.80. The molecular weight excluding hydrogens is 381 g/mol. The highest BCUT2D eigenvalue weighted by atomic mass is 19.1. The molecule has 0 radical (unpaired) electrons. The maximum atomic E-state index is 14.1. The number of nitrogens with zero attached hydrogens (tertiary/aromatic N) is 3. The number of likely N-dealkylation sites (tertiary alicyclic amines) is 1. The highest BCUT2D eigenvalue weighted by Crippen LogP contribution is 2.25. The number of carbonyl (C=O) groups excluding carboxylic acids is 1. The fourth-order valence-electron chi connectivity index (χ4n) is 4.45. The van der Waals surface area contributed by atoms with E-state index in [9.17, 15) is 9.18 Å². The number of likely N-dealkylation sites (N-methyl/N-ethyl adjacent to an activating group) is 1. The third-order valence-electron chi connectivity index (χ3n) is 6.19. The van der Waals surface area contributed by atoms with Gasteiger partial charge in [-0.15, -0.1) is 0 Å². The summed E-state index contributed by atoms with van der Waals surface area (Å²) in [6, 6.07) is 14.9. The van der Waals surface area contributed by atoms with E-state index in [0.29, 0.717) is 25.3 Å². The topological polar surface area (TPSA) is 36.0 Å². The zero-order chi connectivity index (χ0) is 20.9. The van der Waals surface area contributed by atoms with Crippen LogP contribution in [0.3, 0.4) is 0 Å². The first-order valence-electron chi connectivity index (χ1n) is 10.8. The Morgan fingerprint density at radius 2 is 1.83 bits per heavy atom. The van der Waals surface area contributed by atoms with Gasteiger partial charge in [0.2, 0.25) is 0 Å². The Bertz CT molecular complexity index is 869. The standard InChI is InChI=1S/C24H30FN3O2/c1-26(20-8-6-12-27(18-20)17-19-7-2-4-10-22(19)25)24(29)21-9-3-5-11-23(21)28-13-15-30-16-14-28/h2-5,7,9-11,20H,6,8,12-18H2,1H3/t20-/m0/s1. The van der Waals surface area contributed by atoms with Gasteiger partial charge in [-0.05, 0) is 37.6 Å². The van der Waals surface area contributed by atoms with Crippen molar-refractivity contribution in [3.8, 4) is 0 Å². The summed E-state index contributed by atoms with van der Waals surface area (Å²) in [7, 11) is 1.90. The molecule has 6 heteroatoms. The largest absolute Gasteiger partial charge is 0.378 e. The lowest BCUT2D eigenvalue weighted by atomic mass is 10.0. The monoisotopic (exact) mass is 411 g/mol. The van der Waals surface area contributed by atoms with Gasteiger partial charge in [-0.2, -0.15) is 0 Å². The van der Waals surface area contributed by atoms with Crippen molar-refractivity contribution in [2.24, 2.45) is 0 Å². The average molecular weight is 412 g/mol. The molecule has 2 heterocycles. The number of hydrogen-bond donors (Lipinski definition) is 0. The number of anilines is 1. The van der Waals surface area contributed by atoms with Gasteiger partial charge in [-0.25, -0.2) is 4.39 Å². The number of halogens is 1. The van der Waals surface area contributed by atoms with Crippen LogP contribution < -0.4 is 4.90 Å². The SMILES string of the molecule is CN(C(=O)c1ccccc1N1CCOCC1)[C@H]1CCCN(Cc2ccccc2F)C1. The van der Waals surface area contributed by atoms with Crippen LogP contribution in [0.25, 0.3) is 0 Å². The summed E-state index contributed by atoms with van der Waals surface area (Å²) in [6.45, 7) is 5.24. The minimum absolute atomic E-state index is 0.0508. The van der Waals surface area contributed by atoms with Crippen LogP contribution in [0, 0.1) is 5.82 Å². The van der Waals surface area contributed by atoms with E-state index in [-0.39, 0.29) is 17.8 Å². The number of piperidine rings is 1. The number of amides is 1. The second-order valence-electron chi connectivity index (χ2n) is 8.16. The maximum absolute atomic E-state index is 14.1. The van der Waals surface area contributed by atoms with Crippen molar-refractivity contribution < 1.29 is 13.9 Å². The van der Waals surface area contributed by atoms with Crippen LogP contribution in [0.1, 0.15) is 28.8 Å². The van der Waals surface area contributed by atoms with Crippen LogP contribution in [0.2, 0.25) is 0 Å². The summed E-state index contributed by atoms with van der Waals surface area (Å²) < 4.78 is 19.5. The smallest absolute Gasteiger partial charge is 0.255 e. The molecule has 2 saturated heterocycles. The highest BCUT2D eigenvalue weighted by molar-refractivity contribution is 5.99. The van der Waals surface area contributed by atoms with Gasteiger partial charge in [0, 0.05) is 50.5 Å². The number of rotatable bonds is 5. The summed E-state index contributed by atoms with van der Waals surface area (Å²) in [6.07, 6.45) is 1.97. The fourth-order valence-corrected chi connectivity index (χ4v) is 4.45.